The van der Waals surface area contributed by atoms with Crippen LogP contribution in [0.2, 0.25) is 0 Å². The van der Waals surface area contributed by atoms with E-state index in [0.717, 1.165) is 168 Å². The van der Waals surface area contributed by atoms with Gasteiger partial charge in [0.05, 0.1) is 5.69 Å². The van der Waals surface area contributed by atoms with Crippen molar-refractivity contribution in [2.24, 2.45) is 0 Å². The van der Waals surface area contributed by atoms with Gasteiger partial charge in [0.2, 0.25) is 0 Å². The molecule has 19 rings (SSSR count). The molecule has 15 aromatic carbocycles. The van der Waals surface area contributed by atoms with Crippen molar-refractivity contribution in [1.82, 2.24) is 0 Å². The Morgan fingerprint density at radius 2 is 0.545 bits per heavy atom. The first-order valence-electron chi connectivity index (χ1n) is 39.8. The fourth-order valence-electron chi connectivity index (χ4n) is 17.8. The summed E-state index contributed by atoms with van der Waals surface area (Å²) in [6.07, 6.45) is 0. The third-order valence-corrected chi connectivity index (χ3v) is 23.7. The van der Waals surface area contributed by atoms with E-state index in [1.54, 1.807) is 0 Å². The van der Waals surface area contributed by atoms with Crippen LogP contribution in [0.25, 0.3) is 89.0 Å². The molecule has 0 N–H and O–H groups in total. The van der Waals surface area contributed by atoms with E-state index in [1.807, 2.05) is 0 Å². The lowest BCUT2D eigenvalue weighted by Gasteiger charge is -2.45. The molecule has 0 saturated heterocycles. The Morgan fingerprint density at radius 1 is 0.232 bits per heavy atom. The van der Waals surface area contributed by atoms with Crippen LogP contribution in [0.3, 0.4) is 0 Å². The highest BCUT2D eigenvalue weighted by atomic mass is 16.5. The summed E-state index contributed by atoms with van der Waals surface area (Å²) in [5, 5.41) is 0. The van der Waals surface area contributed by atoms with Crippen LogP contribution in [0.4, 0.5) is 34.1 Å². The second-order valence-electron chi connectivity index (χ2n) is 35.2. The largest absolute Gasteiger partial charge is 0.458 e. The quantitative estimate of drug-likeness (QED) is 0.127. The Balaban J connectivity index is 0.995. The number of hydrogen-bond acceptors (Lipinski definition) is 4. The van der Waals surface area contributed by atoms with Crippen molar-refractivity contribution in [3.8, 4) is 112 Å². The summed E-state index contributed by atoms with van der Waals surface area (Å²) in [6.45, 7) is 27.4. The molecule has 4 heterocycles. The maximum Gasteiger partial charge on any atom is 0.256 e. The fraction of sp³-hybridized carbons (Fsp3) is 0.151. The third kappa shape index (κ3) is 12.0. The minimum Gasteiger partial charge on any atom is -0.458 e. The molecule has 0 aromatic heterocycles. The highest BCUT2D eigenvalue weighted by Crippen LogP contribution is 2.55. The maximum atomic E-state index is 8.16. The van der Waals surface area contributed by atoms with Crippen LogP contribution < -0.4 is 52.1 Å². The Bertz CT molecular complexity index is 6090. The minimum atomic E-state index is -0.359. The van der Waals surface area contributed by atoms with Gasteiger partial charge in [-0.25, -0.2) is 0 Å². The highest BCUT2D eigenvalue weighted by Gasteiger charge is 2.49. The summed E-state index contributed by atoms with van der Waals surface area (Å²) in [6, 6.07) is 123. The molecule has 112 heavy (non-hydrogen) atoms. The van der Waals surface area contributed by atoms with E-state index in [2.05, 4.69) is 420 Å². The molecular weight excluding hydrogens is 1350 g/mol. The second kappa shape index (κ2) is 26.7. The van der Waals surface area contributed by atoms with Gasteiger partial charge in [-0.3, -0.25) is 0 Å². The number of rotatable bonds is 10. The molecular formula is C106H90B2N2O2. The summed E-state index contributed by atoms with van der Waals surface area (Å²) in [7, 11) is 0. The molecule has 0 bridgehead atoms. The average molecular weight is 1450 g/mol. The average Bonchev–Trinajstić information content (AvgIpc) is 0.683. The summed E-state index contributed by atoms with van der Waals surface area (Å²) < 4.78 is 16.2. The van der Waals surface area contributed by atoms with Crippen molar-refractivity contribution in [1.29, 1.82) is 0 Å². The summed E-state index contributed by atoms with van der Waals surface area (Å²) in [4.78, 5) is 5.25. The zero-order valence-corrected chi connectivity index (χ0v) is 66.0. The van der Waals surface area contributed by atoms with E-state index >= 15 is 0 Å². The number of benzene rings is 15. The van der Waals surface area contributed by atoms with Crippen LogP contribution in [0, 0.1) is 0 Å². The molecule has 0 amide bonds. The Kier molecular flexibility index (Phi) is 16.7. The normalized spacial score (nSPS) is 13.2. The van der Waals surface area contributed by atoms with Gasteiger partial charge in [0.1, 0.15) is 23.0 Å². The van der Waals surface area contributed by atoms with Gasteiger partial charge < -0.3 is 19.3 Å². The van der Waals surface area contributed by atoms with Crippen LogP contribution in [-0.2, 0) is 21.7 Å². The van der Waals surface area contributed by atoms with E-state index in [0.29, 0.717) is 0 Å². The lowest BCUT2D eigenvalue weighted by molar-refractivity contribution is 0.489. The zero-order valence-electron chi connectivity index (χ0n) is 66.0. The van der Waals surface area contributed by atoms with E-state index in [4.69, 9.17) is 9.47 Å². The van der Waals surface area contributed by atoms with Crippen molar-refractivity contribution in [3.63, 3.8) is 0 Å². The van der Waals surface area contributed by atoms with Gasteiger partial charge in [0.25, 0.3) is 13.4 Å². The van der Waals surface area contributed by atoms with Gasteiger partial charge in [-0.1, -0.05) is 368 Å². The van der Waals surface area contributed by atoms with E-state index < -0.39 is 0 Å². The molecule has 542 valence electrons. The van der Waals surface area contributed by atoms with E-state index in [1.165, 1.54) is 33.2 Å². The fourth-order valence-corrected chi connectivity index (χ4v) is 17.8. The van der Waals surface area contributed by atoms with Crippen LogP contribution >= 0.6 is 0 Å². The molecule has 0 saturated carbocycles. The first kappa shape index (κ1) is 70.0. The molecule has 0 atom stereocenters. The van der Waals surface area contributed by atoms with Gasteiger partial charge in [0.15, 0.2) is 0 Å². The summed E-state index contributed by atoms with van der Waals surface area (Å²) in [5.74, 6) is 3.37. The molecule has 0 fully saturated rings. The standard InChI is InChI=1S/C106H90B2N2O2/c1-103(2,3)77-55-73(56-78(63-77)104(4,5)6)75-59-92-98-94(61-75)111-101-86(53-51-82(67-35-20-13-21-36-67)96(101)71-43-28-17-29-44-71)107(98)88-65-89-91(66-90(88)109(92)81-47-32-19-33-48-81)110(100-84(69-39-24-15-25-40-69)49-34-50-85(100)70-41-26-16-27-42-70)93-60-76(74-57-79(105(7,8)9)64-80(58-74)106(10,11)12)62-95-99(93)108(89)87-54-52-83(68-37-22-14-23-38-68)97(102(87)112-95)72-45-30-18-31-46-72/h13-66H,1-12H3. The smallest absolute Gasteiger partial charge is 0.256 e. The van der Waals surface area contributed by atoms with Crippen LogP contribution in [0.15, 0.2) is 328 Å². The molecule has 15 aromatic rings. The topological polar surface area (TPSA) is 24.9 Å². The molecule has 6 heteroatoms. The second-order valence-corrected chi connectivity index (χ2v) is 35.2. The Labute approximate surface area is 661 Å². The number of fused-ring (bicyclic) bond motifs is 8. The number of para-hydroxylation sites is 2. The molecule has 4 nitrogen and oxygen atoms in total. The SMILES string of the molecule is CC(C)(C)c1cc(-c2cc3c4c(c2)N(c2ccccc2)c2cc5c(cc2B4c2ccc(-c4ccccc4)c(-c4ccccc4)c2O3)B2c3ccc(-c4ccccc4)c(-c4ccccc4)c3Oc3cc(-c4cc(C(C)(C)C)cc(C(C)(C)C)c4)cc(c32)N5c2c(-c3ccccc3)cccc2-c2ccccc2)cc(C(C)(C)C)c1. The molecule has 0 spiro atoms. The van der Waals surface area contributed by atoms with Crippen molar-refractivity contribution in [2.75, 3.05) is 9.80 Å². The summed E-state index contributed by atoms with van der Waals surface area (Å²) in [5.41, 5.74) is 35.4. The Morgan fingerprint density at radius 3 is 0.902 bits per heavy atom. The van der Waals surface area contributed by atoms with Gasteiger partial charge >= 0.3 is 0 Å². The predicted molar refractivity (Wildman–Crippen MR) is 476 cm³/mol. The molecule has 0 unspecified atom stereocenters. The number of hydrogen-bond donors (Lipinski definition) is 0. The van der Waals surface area contributed by atoms with Crippen LogP contribution in [0.5, 0.6) is 23.0 Å². The van der Waals surface area contributed by atoms with Gasteiger partial charge in [0, 0.05) is 50.7 Å². The van der Waals surface area contributed by atoms with Crippen molar-refractivity contribution in [2.45, 2.75) is 105 Å². The first-order valence-corrected chi connectivity index (χ1v) is 39.8. The van der Waals surface area contributed by atoms with Crippen molar-refractivity contribution in [3.05, 3.63) is 350 Å². The number of anilines is 6. The van der Waals surface area contributed by atoms with Crippen LogP contribution in [0.1, 0.15) is 105 Å². The van der Waals surface area contributed by atoms with Gasteiger partial charge in [-0.05, 0) is 186 Å². The maximum absolute atomic E-state index is 8.16. The molecule has 4 aliphatic heterocycles. The molecule has 4 aliphatic rings. The lowest BCUT2D eigenvalue weighted by atomic mass is 9.30. The molecule has 0 radical (unpaired) electrons. The first-order chi connectivity index (χ1) is 54.1. The van der Waals surface area contributed by atoms with E-state index in [9.17, 15) is 0 Å². The van der Waals surface area contributed by atoms with Gasteiger partial charge in [-0.15, -0.1) is 0 Å². The summed E-state index contributed by atoms with van der Waals surface area (Å²) >= 11 is 0. The Hall–Kier alpha value is -12.4. The van der Waals surface area contributed by atoms with Gasteiger partial charge in [-0.2, -0.15) is 0 Å². The van der Waals surface area contributed by atoms with Crippen LogP contribution in [-0.4, -0.2) is 13.4 Å². The lowest BCUT2D eigenvalue weighted by Crippen LogP contribution is -2.64. The zero-order chi connectivity index (χ0) is 76.7. The highest BCUT2D eigenvalue weighted by molar-refractivity contribution is 7.02. The van der Waals surface area contributed by atoms with Crippen molar-refractivity contribution >= 4 is 80.3 Å². The number of ether oxygens (including phenoxy) is 2. The number of nitrogens with zero attached hydrogens (tertiary/aromatic N) is 2. The molecule has 0 aliphatic carbocycles. The minimum absolute atomic E-state index is 0.138. The monoisotopic (exact) mass is 1440 g/mol. The van der Waals surface area contributed by atoms with E-state index in [-0.39, 0.29) is 35.1 Å². The third-order valence-electron chi connectivity index (χ3n) is 23.7. The van der Waals surface area contributed by atoms with Crippen molar-refractivity contribution < 1.29 is 9.47 Å². The predicted octanol–water partition coefficient (Wildman–Crippen LogP) is 25.0.